The molecular formula is C52H38F2N2O3. The van der Waals surface area contributed by atoms with Crippen LogP contribution >= 0.6 is 0 Å². The van der Waals surface area contributed by atoms with Crippen molar-refractivity contribution in [3.05, 3.63) is 191 Å². The number of rotatable bonds is 7. The molecule has 0 radical (unpaired) electrons. The first-order valence-electron chi connectivity index (χ1n) is 19.5. The van der Waals surface area contributed by atoms with Crippen LogP contribution in [0.3, 0.4) is 0 Å². The van der Waals surface area contributed by atoms with Crippen LogP contribution in [0.5, 0.6) is 17.2 Å². The summed E-state index contributed by atoms with van der Waals surface area (Å²) in [7, 11) is 3.23. The van der Waals surface area contributed by atoms with Crippen LogP contribution in [0.4, 0.5) is 8.78 Å². The number of benzene rings is 7. The van der Waals surface area contributed by atoms with Gasteiger partial charge in [0.25, 0.3) is 0 Å². The molecule has 8 aromatic rings. The Bertz CT molecular complexity index is 2900. The molecule has 5 nitrogen and oxygen atoms in total. The third-order valence-electron chi connectivity index (χ3n) is 11.8. The molecule has 0 bridgehead atoms. The monoisotopic (exact) mass is 776 g/mol. The molecule has 1 aliphatic carbocycles. The van der Waals surface area contributed by atoms with Gasteiger partial charge in [0.05, 0.1) is 25.6 Å². The van der Waals surface area contributed by atoms with E-state index in [1.165, 1.54) is 17.7 Å². The SMILES string of the molecule is COc1cc2c3c(c4c(c2cc1OC)-c1ccccc1C4(C)C)C=CC(c1ccc(-c2nc(-c4ccccc4)cc(-c4ccccc4)n2)cc1)(c1cc(F)cc(F)c1)O3. The van der Waals surface area contributed by atoms with Gasteiger partial charge in [0.1, 0.15) is 17.4 Å². The molecule has 0 amide bonds. The fourth-order valence-electron chi connectivity index (χ4n) is 8.98. The summed E-state index contributed by atoms with van der Waals surface area (Å²) >= 11 is 0. The van der Waals surface area contributed by atoms with Gasteiger partial charge in [0.15, 0.2) is 22.9 Å². The molecule has 2 heterocycles. The number of methoxy groups -OCH3 is 2. The van der Waals surface area contributed by atoms with Crippen molar-refractivity contribution in [1.82, 2.24) is 9.97 Å². The second-order valence-corrected chi connectivity index (χ2v) is 15.5. The highest BCUT2D eigenvalue weighted by Crippen LogP contribution is 2.59. The smallest absolute Gasteiger partial charge is 0.178 e. The maximum absolute atomic E-state index is 15.3. The summed E-state index contributed by atoms with van der Waals surface area (Å²) in [6.07, 6.45) is 3.97. The van der Waals surface area contributed by atoms with E-state index < -0.39 is 22.7 Å². The van der Waals surface area contributed by atoms with Crippen molar-refractivity contribution in [2.45, 2.75) is 24.9 Å². The van der Waals surface area contributed by atoms with Crippen LogP contribution in [0.25, 0.3) is 61.9 Å². The molecule has 10 rings (SSSR count). The largest absolute Gasteiger partial charge is 0.493 e. The van der Waals surface area contributed by atoms with E-state index in [0.29, 0.717) is 34.2 Å². The lowest BCUT2D eigenvalue weighted by Crippen LogP contribution is -2.35. The number of aromatic nitrogens is 2. The van der Waals surface area contributed by atoms with Crippen molar-refractivity contribution in [1.29, 1.82) is 0 Å². The van der Waals surface area contributed by atoms with Crippen molar-refractivity contribution in [3.8, 4) is 62.3 Å². The van der Waals surface area contributed by atoms with Gasteiger partial charge in [-0.3, -0.25) is 0 Å². The van der Waals surface area contributed by atoms with Crippen LogP contribution in [0.15, 0.2) is 152 Å². The van der Waals surface area contributed by atoms with Crippen LogP contribution in [0.1, 0.15) is 41.7 Å². The van der Waals surface area contributed by atoms with Crippen molar-refractivity contribution in [2.24, 2.45) is 0 Å². The number of halogens is 2. The van der Waals surface area contributed by atoms with E-state index in [1.54, 1.807) is 14.2 Å². The fraction of sp³-hybridized carbons (Fsp3) is 0.115. The van der Waals surface area contributed by atoms with E-state index in [9.17, 15) is 0 Å². The van der Waals surface area contributed by atoms with Gasteiger partial charge in [-0.15, -0.1) is 0 Å². The molecule has 7 heteroatoms. The van der Waals surface area contributed by atoms with Gasteiger partial charge in [0.2, 0.25) is 0 Å². The van der Waals surface area contributed by atoms with Gasteiger partial charge in [-0.1, -0.05) is 129 Å². The molecule has 0 N–H and O–H groups in total. The van der Waals surface area contributed by atoms with E-state index >= 15 is 8.78 Å². The Morgan fingerprint density at radius 2 is 1.15 bits per heavy atom. The van der Waals surface area contributed by atoms with Gasteiger partial charge >= 0.3 is 0 Å². The van der Waals surface area contributed by atoms with Crippen LogP contribution in [-0.4, -0.2) is 24.2 Å². The molecule has 0 spiro atoms. The summed E-state index contributed by atoms with van der Waals surface area (Å²) < 4.78 is 49.6. The second-order valence-electron chi connectivity index (χ2n) is 15.5. The van der Waals surface area contributed by atoms with E-state index in [2.05, 4.69) is 44.2 Å². The molecule has 1 aliphatic heterocycles. The summed E-state index contributed by atoms with van der Waals surface area (Å²) in [6, 6.07) is 45.7. The van der Waals surface area contributed by atoms with Crippen LogP contribution in [0.2, 0.25) is 0 Å². The zero-order valence-electron chi connectivity index (χ0n) is 32.9. The quantitative estimate of drug-likeness (QED) is 0.161. The number of ether oxygens (including phenoxy) is 3. The minimum absolute atomic E-state index is 0.301. The zero-order valence-corrected chi connectivity index (χ0v) is 32.9. The van der Waals surface area contributed by atoms with E-state index in [-0.39, 0.29) is 0 Å². The lowest BCUT2D eigenvalue weighted by Gasteiger charge is -2.38. The minimum atomic E-state index is -1.44. The molecule has 59 heavy (non-hydrogen) atoms. The van der Waals surface area contributed by atoms with Crippen LogP contribution in [0, 0.1) is 11.6 Å². The maximum Gasteiger partial charge on any atom is 0.178 e. The molecule has 1 atom stereocenters. The lowest BCUT2D eigenvalue weighted by molar-refractivity contribution is 0.162. The Morgan fingerprint density at radius 1 is 0.576 bits per heavy atom. The first-order valence-corrected chi connectivity index (χ1v) is 19.5. The highest BCUT2D eigenvalue weighted by molar-refractivity contribution is 6.09. The fourth-order valence-corrected chi connectivity index (χ4v) is 8.98. The van der Waals surface area contributed by atoms with Gasteiger partial charge in [-0.05, 0) is 64.0 Å². The molecule has 7 aromatic carbocycles. The van der Waals surface area contributed by atoms with Gasteiger partial charge < -0.3 is 14.2 Å². The third kappa shape index (κ3) is 5.79. The summed E-state index contributed by atoms with van der Waals surface area (Å²) in [5, 5.41) is 1.70. The molecule has 0 fully saturated rings. The average molecular weight is 777 g/mol. The van der Waals surface area contributed by atoms with Gasteiger partial charge in [-0.2, -0.15) is 0 Å². The Hall–Kier alpha value is -7.12. The van der Waals surface area contributed by atoms with Crippen LogP contribution < -0.4 is 14.2 Å². The van der Waals surface area contributed by atoms with Crippen molar-refractivity contribution in [2.75, 3.05) is 14.2 Å². The zero-order chi connectivity index (χ0) is 40.5. The first-order chi connectivity index (χ1) is 28.7. The highest BCUT2D eigenvalue weighted by atomic mass is 19.1. The standard InChI is InChI=1S/C52H38F2N2O3/c1-51(2)42-18-12-11-17-38(42)47-40-28-45(57-3)46(58-4)29-41(40)49-39(48(47)51)23-24-52(59-49,35-25-36(53)27-37(54)26-35)34-21-19-33(20-22-34)50-55-43(31-13-7-5-8-14-31)30-44(56-50)32-15-9-6-10-16-32/h5-30H,1-4H3. The Balaban J connectivity index is 1.18. The number of hydrogen-bond acceptors (Lipinski definition) is 5. The molecule has 288 valence electrons. The first kappa shape index (κ1) is 36.2. The van der Waals surface area contributed by atoms with Crippen molar-refractivity contribution in [3.63, 3.8) is 0 Å². The third-order valence-corrected chi connectivity index (χ3v) is 11.8. The van der Waals surface area contributed by atoms with E-state index in [1.807, 2.05) is 109 Å². The maximum atomic E-state index is 15.3. The highest BCUT2D eigenvalue weighted by Gasteiger charge is 2.45. The summed E-state index contributed by atoms with van der Waals surface area (Å²) in [5.74, 6) is 0.810. The Labute approximate surface area is 341 Å². The molecular weight excluding hydrogens is 739 g/mol. The topological polar surface area (TPSA) is 53.5 Å². The van der Waals surface area contributed by atoms with E-state index in [0.717, 1.165) is 67.2 Å². The molecule has 0 saturated heterocycles. The Morgan fingerprint density at radius 3 is 1.76 bits per heavy atom. The minimum Gasteiger partial charge on any atom is -0.493 e. The van der Waals surface area contributed by atoms with Crippen molar-refractivity contribution >= 4 is 16.8 Å². The summed E-state index contributed by atoms with van der Waals surface area (Å²) in [5.41, 5.74) is 8.82. The molecule has 1 unspecified atom stereocenters. The summed E-state index contributed by atoms with van der Waals surface area (Å²) in [6.45, 7) is 4.44. The number of hydrogen-bond donors (Lipinski definition) is 0. The van der Waals surface area contributed by atoms with Crippen LogP contribution in [-0.2, 0) is 11.0 Å². The number of nitrogens with zero attached hydrogens (tertiary/aromatic N) is 2. The molecule has 2 aliphatic rings. The predicted octanol–water partition coefficient (Wildman–Crippen LogP) is 12.6. The Kier molecular flexibility index (Phi) is 8.46. The molecule has 0 saturated carbocycles. The average Bonchev–Trinajstić information content (AvgIpc) is 3.52. The second kappa shape index (κ2) is 13.8. The number of fused-ring (bicyclic) bond motifs is 8. The van der Waals surface area contributed by atoms with E-state index in [4.69, 9.17) is 24.2 Å². The van der Waals surface area contributed by atoms with Gasteiger partial charge in [0, 0.05) is 50.2 Å². The predicted molar refractivity (Wildman–Crippen MR) is 230 cm³/mol. The van der Waals surface area contributed by atoms with Crippen molar-refractivity contribution < 1.29 is 23.0 Å². The summed E-state index contributed by atoms with van der Waals surface area (Å²) in [4.78, 5) is 10.0. The molecule has 1 aromatic heterocycles. The normalized spacial score (nSPS) is 15.9. The van der Waals surface area contributed by atoms with Gasteiger partial charge in [-0.25, -0.2) is 18.7 Å². The lowest BCUT2D eigenvalue weighted by atomic mass is 9.76.